The van der Waals surface area contributed by atoms with Crippen molar-refractivity contribution in [3.05, 3.63) is 33.8 Å². The summed E-state index contributed by atoms with van der Waals surface area (Å²) in [6, 6.07) is 5.79. The molecule has 2 nitrogen and oxygen atoms in total. The lowest BCUT2D eigenvalue weighted by Gasteiger charge is -2.16. The van der Waals surface area contributed by atoms with Gasteiger partial charge in [-0.2, -0.15) is 0 Å². The zero-order chi connectivity index (χ0) is 12.4. The van der Waals surface area contributed by atoms with Crippen molar-refractivity contribution in [1.29, 1.82) is 0 Å². The highest BCUT2D eigenvalue weighted by molar-refractivity contribution is 9.10. The molecule has 0 spiro atoms. The first-order valence-corrected chi connectivity index (χ1v) is 7.64. The third-order valence-electron chi connectivity index (χ3n) is 3.20. The van der Waals surface area contributed by atoms with Crippen LogP contribution in [0.25, 0.3) is 0 Å². The van der Waals surface area contributed by atoms with Crippen molar-refractivity contribution < 1.29 is 4.79 Å². The van der Waals surface area contributed by atoms with E-state index >= 15 is 0 Å². The van der Waals surface area contributed by atoms with Crippen LogP contribution < -0.4 is 0 Å². The van der Waals surface area contributed by atoms with E-state index in [-0.39, 0.29) is 5.91 Å². The second-order valence-electron chi connectivity index (χ2n) is 4.52. The number of carbonyl (C=O) groups is 1. The monoisotopic (exact) mass is 359 g/mol. The van der Waals surface area contributed by atoms with E-state index in [4.69, 9.17) is 0 Å². The van der Waals surface area contributed by atoms with Crippen LogP contribution in [0.15, 0.2) is 22.7 Å². The Kier molecular flexibility index (Phi) is 4.26. The minimum atomic E-state index is 0.157. The first-order valence-electron chi connectivity index (χ1n) is 5.73. The fourth-order valence-electron chi connectivity index (χ4n) is 2.10. The molecule has 4 heteroatoms. The van der Waals surface area contributed by atoms with E-state index < -0.39 is 0 Å². The average molecular weight is 361 g/mol. The Morgan fingerprint density at radius 2 is 2.29 bits per heavy atom. The third-order valence-corrected chi connectivity index (χ3v) is 5.00. The van der Waals surface area contributed by atoms with Gasteiger partial charge in [-0.25, -0.2) is 0 Å². The van der Waals surface area contributed by atoms with Crippen molar-refractivity contribution in [1.82, 2.24) is 4.90 Å². The molecule has 0 radical (unpaired) electrons. The molecule has 92 valence electrons. The second kappa shape index (κ2) is 5.53. The third kappa shape index (κ3) is 2.91. The van der Waals surface area contributed by atoms with E-state index in [1.54, 1.807) is 0 Å². The Bertz CT molecular complexity index is 433. The summed E-state index contributed by atoms with van der Waals surface area (Å²) in [7, 11) is 0. The fourth-order valence-corrected chi connectivity index (χ4v) is 2.88. The van der Waals surface area contributed by atoms with Gasteiger partial charge in [0.15, 0.2) is 0 Å². The topological polar surface area (TPSA) is 20.3 Å². The molecule has 1 amide bonds. The normalized spacial score (nSPS) is 19.7. The van der Waals surface area contributed by atoms with Gasteiger partial charge in [0.1, 0.15) is 0 Å². The molecule has 1 unspecified atom stereocenters. The number of rotatable bonds is 2. The number of nitrogens with zero attached hydrogens (tertiary/aromatic N) is 1. The first-order chi connectivity index (χ1) is 8.11. The molecule has 1 aromatic rings. The number of aryl methyl sites for hydroxylation is 1. The standard InChI is InChI=1S/C13H15Br2NO/c1-9-6-11(2-3-12(9)15)13(17)16-5-4-10(7-14)8-16/h2-3,6,10H,4-5,7-8H2,1H3. The number of amides is 1. The Balaban J connectivity index is 2.12. The number of likely N-dealkylation sites (tertiary alicyclic amines) is 1. The van der Waals surface area contributed by atoms with Gasteiger partial charge in [-0.15, -0.1) is 0 Å². The number of carbonyl (C=O) groups excluding carboxylic acids is 1. The van der Waals surface area contributed by atoms with Crippen LogP contribution in [-0.4, -0.2) is 29.2 Å². The summed E-state index contributed by atoms with van der Waals surface area (Å²) >= 11 is 6.94. The quantitative estimate of drug-likeness (QED) is 0.737. The van der Waals surface area contributed by atoms with Gasteiger partial charge in [-0.1, -0.05) is 31.9 Å². The molecular formula is C13H15Br2NO. The van der Waals surface area contributed by atoms with E-state index in [1.165, 1.54) is 0 Å². The molecule has 2 rings (SSSR count). The van der Waals surface area contributed by atoms with Gasteiger partial charge in [-0.05, 0) is 43.0 Å². The maximum absolute atomic E-state index is 12.3. The van der Waals surface area contributed by atoms with E-state index in [0.717, 1.165) is 40.4 Å². The number of hydrogen-bond acceptors (Lipinski definition) is 1. The number of halogens is 2. The minimum absolute atomic E-state index is 0.157. The molecule has 1 fully saturated rings. The smallest absolute Gasteiger partial charge is 0.253 e. The largest absolute Gasteiger partial charge is 0.338 e. The molecule has 0 saturated carbocycles. The summed E-state index contributed by atoms with van der Waals surface area (Å²) < 4.78 is 1.05. The Hall–Kier alpha value is -0.350. The van der Waals surface area contributed by atoms with Crippen molar-refractivity contribution >= 4 is 37.8 Å². The van der Waals surface area contributed by atoms with Crippen molar-refractivity contribution in [2.24, 2.45) is 5.92 Å². The molecule has 17 heavy (non-hydrogen) atoms. The van der Waals surface area contributed by atoms with Gasteiger partial charge >= 0.3 is 0 Å². The summed E-state index contributed by atoms with van der Waals surface area (Å²) in [6.07, 6.45) is 1.10. The molecular weight excluding hydrogens is 346 g/mol. The predicted octanol–water partition coefficient (Wildman–Crippen LogP) is 3.61. The van der Waals surface area contributed by atoms with Gasteiger partial charge in [0, 0.05) is 28.5 Å². The SMILES string of the molecule is Cc1cc(C(=O)N2CCC(CBr)C2)ccc1Br. The lowest BCUT2D eigenvalue weighted by atomic mass is 10.1. The average Bonchev–Trinajstić information content (AvgIpc) is 2.80. The van der Waals surface area contributed by atoms with Crippen LogP contribution >= 0.6 is 31.9 Å². The van der Waals surface area contributed by atoms with Crippen LogP contribution in [0.2, 0.25) is 0 Å². The summed E-state index contributed by atoms with van der Waals surface area (Å²) in [5, 5.41) is 0.982. The maximum Gasteiger partial charge on any atom is 0.253 e. The van der Waals surface area contributed by atoms with Crippen molar-refractivity contribution in [3.63, 3.8) is 0 Å². The highest BCUT2D eigenvalue weighted by Crippen LogP contribution is 2.22. The van der Waals surface area contributed by atoms with Gasteiger partial charge in [0.25, 0.3) is 5.91 Å². The molecule has 1 aliphatic heterocycles. The molecule has 0 N–H and O–H groups in total. The first kappa shape index (κ1) is 13.1. The van der Waals surface area contributed by atoms with Crippen LogP contribution in [0.1, 0.15) is 22.3 Å². The van der Waals surface area contributed by atoms with Crippen LogP contribution in [0.5, 0.6) is 0 Å². The molecule has 1 saturated heterocycles. The molecule has 1 atom stereocenters. The summed E-state index contributed by atoms with van der Waals surface area (Å²) in [5.74, 6) is 0.763. The van der Waals surface area contributed by atoms with Gasteiger partial charge < -0.3 is 4.90 Å². The molecule has 1 heterocycles. The van der Waals surface area contributed by atoms with Crippen molar-refractivity contribution in [2.45, 2.75) is 13.3 Å². The van der Waals surface area contributed by atoms with Gasteiger partial charge in [0.05, 0.1) is 0 Å². The Morgan fingerprint density at radius 3 is 2.88 bits per heavy atom. The molecule has 0 aliphatic carbocycles. The lowest BCUT2D eigenvalue weighted by Crippen LogP contribution is -2.28. The van der Waals surface area contributed by atoms with E-state index in [0.29, 0.717) is 5.92 Å². The van der Waals surface area contributed by atoms with Crippen molar-refractivity contribution in [3.8, 4) is 0 Å². The Morgan fingerprint density at radius 1 is 1.53 bits per heavy atom. The highest BCUT2D eigenvalue weighted by atomic mass is 79.9. The zero-order valence-corrected chi connectivity index (χ0v) is 12.9. The van der Waals surface area contributed by atoms with Crippen LogP contribution in [0.3, 0.4) is 0 Å². The highest BCUT2D eigenvalue weighted by Gasteiger charge is 2.26. The van der Waals surface area contributed by atoms with Gasteiger partial charge in [-0.3, -0.25) is 4.79 Å². The van der Waals surface area contributed by atoms with E-state index in [2.05, 4.69) is 31.9 Å². The number of benzene rings is 1. The number of hydrogen-bond donors (Lipinski definition) is 0. The van der Waals surface area contributed by atoms with Crippen LogP contribution in [0, 0.1) is 12.8 Å². The molecule has 1 aromatic carbocycles. The maximum atomic E-state index is 12.3. The second-order valence-corrected chi connectivity index (χ2v) is 6.03. The fraction of sp³-hybridized carbons (Fsp3) is 0.462. The van der Waals surface area contributed by atoms with E-state index in [1.807, 2.05) is 30.0 Å². The zero-order valence-electron chi connectivity index (χ0n) is 9.75. The van der Waals surface area contributed by atoms with Crippen LogP contribution in [-0.2, 0) is 0 Å². The van der Waals surface area contributed by atoms with Gasteiger partial charge in [0.2, 0.25) is 0 Å². The summed E-state index contributed by atoms with van der Waals surface area (Å²) in [5.41, 5.74) is 1.90. The summed E-state index contributed by atoms with van der Waals surface area (Å²) in [6.45, 7) is 3.76. The number of alkyl halides is 1. The van der Waals surface area contributed by atoms with E-state index in [9.17, 15) is 4.79 Å². The molecule has 0 aromatic heterocycles. The molecule has 0 bridgehead atoms. The Labute approximate surface area is 119 Å². The minimum Gasteiger partial charge on any atom is -0.338 e. The van der Waals surface area contributed by atoms with Crippen molar-refractivity contribution in [2.75, 3.05) is 18.4 Å². The molecule has 1 aliphatic rings. The predicted molar refractivity (Wildman–Crippen MR) is 76.7 cm³/mol. The lowest BCUT2D eigenvalue weighted by molar-refractivity contribution is 0.0788. The van der Waals surface area contributed by atoms with Crippen LogP contribution in [0.4, 0.5) is 0 Å². The summed E-state index contributed by atoms with van der Waals surface area (Å²) in [4.78, 5) is 14.2.